The average molecular weight is 196 g/mol. The lowest BCUT2D eigenvalue weighted by Crippen LogP contribution is -2.39. The summed E-state index contributed by atoms with van der Waals surface area (Å²) >= 11 is 0. The predicted molar refractivity (Wildman–Crippen MR) is 61.9 cm³/mol. The van der Waals surface area contributed by atoms with Crippen LogP contribution >= 0.6 is 0 Å². The van der Waals surface area contributed by atoms with Crippen molar-refractivity contribution in [2.75, 3.05) is 6.54 Å². The molecule has 2 nitrogen and oxygen atoms in total. The van der Waals surface area contributed by atoms with Crippen molar-refractivity contribution in [1.82, 2.24) is 5.32 Å². The SMILES string of the molecule is C=CC(N)NCC1CCCC1CCC. The molecule has 0 amide bonds. The summed E-state index contributed by atoms with van der Waals surface area (Å²) in [6, 6.07) is 0. The first-order valence-electron chi connectivity index (χ1n) is 5.89. The minimum atomic E-state index is -0.0297. The number of rotatable bonds is 6. The van der Waals surface area contributed by atoms with Gasteiger partial charge in [0.15, 0.2) is 0 Å². The van der Waals surface area contributed by atoms with Crippen LogP contribution in [0.5, 0.6) is 0 Å². The molecule has 2 heteroatoms. The van der Waals surface area contributed by atoms with Crippen LogP contribution in [-0.4, -0.2) is 12.7 Å². The molecule has 14 heavy (non-hydrogen) atoms. The lowest BCUT2D eigenvalue weighted by molar-refractivity contribution is 0.338. The van der Waals surface area contributed by atoms with Gasteiger partial charge in [-0.3, -0.25) is 5.32 Å². The molecule has 82 valence electrons. The largest absolute Gasteiger partial charge is 0.313 e. The monoisotopic (exact) mass is 196 g/mol. The van der Waals surface area contributed by atoms with Gasteiger partial charge in [0.1, 0.15) is 0 Å². The fourth-order valence-corrected chi connectivity index (χ4v) is 2.50. The van der Waals surface area contributed by atoms with Gasteiger partial charge in [-0.25, -0.2) is 0 Å². The molecule has 0 saturated heterocycles. The second-order valence-electron chi connectivity index (χ2n) is 4.41. The summed E-state index contributed by atoms with van der Waals surface area (Å²) in [5.41, 5.74) is 5.74. The Morgan fingerprint density at radius 2 is 2.21 bits per heavy atom. The van der Waals surface area contributed by atoms with Crippen molar-refractivity contribution in [3.63, 3.8) is 0 Å². The number of nitrogens with two attached hydrogens (primary N) is 1. The van der Waals surface area contributed by atoms with E-state index in [0.29, 0.717) is 0 Å². The topological polar surface area (TPSA) is 38.0 Å². The van der Waals surface area contributed by atoms with Gasteiger partial charge in [0.2, 0.25) is 0 Å². The smallest absolute Gasteiger partial charge is 0.0736 e. The highest BCUT2D eigenvalue weighted by Gasteiger charge is 2.25. The van der Waals surface area contributed by atoms with Gasteiger partial charge in [-0.05, 0) is 24.8 Å². The van der Waals surface area contributed by atoms with E-state index < -0.39 is 0 Å². The van der Waals surface area contributed by atoms with Gasteiger partial charge >= 0.3 is 0 Å². The average Bonchev–Trinajstić information content (AvgIpc) is 2.62. The van der Waals surface area contributed by atoms with E-state index in [1.165, 1.54) is 32.1 Å². The van der Waals surface area contributed by atoms with Gasteiger partial charge < -0.3 is 5.73 Å². The minimum Gasteiger partial charge on any atom is -0.313 e. The molecule has 0 spiro atoms. The van der Waals surface area contributed by atoms with Gasteiger partial charge in [-0.1, -0.05) is 38.7 Å². The Balaban J connectivity index is 2.24. The molecule has 3 atom stereocenters. The molecule has 3 unspecified atom stereocenters. The molecule has 1 fully saturated rings. The lowest BCUT2D eigenvalue weighted by Gasteiger charge is -2.20. The third-order valence-corrected chi connectivity index (χ3v) is 3.35. The maximum Gasteiger partial charge on any atom is 0.0736 e. The highest BCUT2D eigenvalue weighted by atomic mass is 15.0. The summed E-state index contributed by atoms with van der Waals surface area (Å²) in [5, 5.41) is 3.32. The van der Waals surface area contributed by atoms with Crippen molar-refractivity contribution in [1.29, 1.82) is 0 Å². The Hall–Kier alpha value is -0.340. The van der Waals surface area contributed by atoms with Crippen LogP contribution in [0.2, 0.25) is 0 Å². The molecule has 1 aliphatic rings. The molecule has 1 aliphatic carbocycles. The second-order valence-corrected chi connectivity index (χ2v) is 4.41. The summed E-state index contributed by atoms with van der Waals surface area (Å²) in [6.07, 6.45) is 8.64. The van der Waals surface area contributed by atoms with Crippen LogP contribution in [0.4, 0.5) is 0 Å². The van der Waals surface area contributed by atoms with Gasteiger partial charge in [0.25, 0.3) is 0 Å². The number of hydrogen-bond donors (Lipinski definition) is 2. The van der Waals surface area contributed by atoms with Crippen LogP contribution in [0, 0.1) is 11.8 Å². The fraction of sp³-hybridized carbons (Fsp3) is 0.833. The van der Waals surface area contributed by atoms with Crippen molar-refractivity contribution < 1.29 is 0 Å². The Labute approximate surface area is 87.9 Å². The van der Waals surface area contributed by atoms with Crippen LogP contribution in [0.15, 0.2) is 12.7 Å². The van der Waals surface area contributed by atoms with Crippen molar-refractivity contribution >= 4 is 0 Å². The summed E-state index contributed by atoms with van der Waals surface area (Å²) in [7, 11) is 0. The second kappa shape index (κ2) is 6.20. The van der Waals surface area contributed by atoms with E-state index in [1.807, 2.05) is 0 Å². The molecule has 1 rings (SSSR count). The molecule has 0 aromatic carbocycles. The van der Waals surface area contributed by atoms with Crippen LogP contribution in [0.25, 0.3) is 0 Å². The summed E-state index contributed by atoms with van der Waals surface area (Å²) in [4.78, 5) is 0. The highest BCUT2D eigenvalue weighted by Crippen LogP contribution is 2.34. The first-order chi connectivity index (χ1) is 6.77. The number of nitrogens with one attached hydrogen (secondary N) is 1. The Morgan fingerprint density at radius 1 is 1.50 bits per heavy atom. The van der Waals surface area contributed by atoms with Gasteiger partial charge in [0, 0.05) is 0 Å². The molecular weight excluding hydrogens is 172 g/mol. The van der Waals surface area contributed by atoms with E-state index in [4.69, 9.17) is 5.73 Å². The van der Waals surface area contributed by atoms with Crippen LogP contribution < -0.4 is 11.1 Å². The number of hydrogen-bond acceptors (Lipinski definition) is 2. The van der Waals surface area contributed by atoms with E-state index in [9.17, 15) is 0 Å². The molecular formula is C12H24N2. The Morgan fingerprint density at radius 3 is 2.86 bits per heavy atom. The quantitative estimate of drug-likeness (QED) is 0.505. The first kappa shape index (κ1) is 11.7. The summed E-state index contributed by atoms with van der Waals surface area (Å²) in [6.45, 7) is 7.02. The zero-order valence-electron chi connectivity index (χ0n) is 9.34. The van der Waals surface area contributed by atoms with Crippen molar-refractivity contribution in [2.45, 2.75) is 45.2 Å². The molecule has 0 aliphatic heterocycles. The third-order valence-electron chi connectivity index (χ3n) is 3.35. The van der Waals surface area contributed by atoms with E-state index in [0.717, 1.165) is 18.4 Å². The van der Waals surface area contributed by atoms with Crippen LogP contribution in [0.1, 0.15) is 39.0 Å². The normalized spacial score (nSPS) is 29.0. The molecule has 0 bridgehead atoms. The summed E-state index contributed by atoms with van der Waals surface area (Å²) in [5.74, 6) is 1.78. The molecule has 0 radical (unpaired) electrons. The highest BCUT2D eigenvalue weighted by molar-refractivity contribution is 4.84. The van der Waals surface area contributed by atoms with Crippen molar-refractivity contribution in [2.24, 2.45) is 17.6 Å². The molecule has 0 aromatic heterocycles. The standard InChI is InChI=1S/C12H24N2/c1-3-6-10-7-5-8-11(10)9-14-12(13)4-2/h4,10-12,14H,2-3,5-9,13H2,1H3. The van der Waals surface area contributed by atoms with Gasteiger partial charge in [-0.2, -0.15) is 0 Å². The van der Waals surface area contributed by atoms with Crippen molar-refractivity contribution in [3.8, 4) is 0 Å². The third kappa shape index (κ3) is 3.43. The van der Waals surface area contributed by atoms with E-state index in [2.05, 4.69) is 18.8 Å². The first-order valence-corrected chi connectivity index (χ1v) is 5.89. The minimum absolute atomic E-state index is 0.0297. The molecule has 3 N–H and O–H groups in total. The maximum absolute atomic E-state index is 5.74. The zero-order valence-corrected chi connectivity index (χ0v) is 9.34. The molecule has 0 aromatic rings. The Bertz CT molecular complexity index is 168. The molecule has 1 saturated carbocycles. The molecule has 0 heterocycles. The van der Waals surface area contributed by atoms with E-state index in [-0.39, 0.29) is 6.17 Å². The zero-order chi connectivity index (χ0) is 10.4. The van der Waals surface area contributed by atoms with Crippen LogP contribution in [0.3, 0.4) is 0 Å². The lowest BCUT2D eigenvalue weighted by atomic mass is 9.92. The van der Waals surface area contributed by atoms with Crippen LogP contribution in [-0.2, 0) is 0 Å². The van der Waals surface area contributed by atoms with Gasteiger partial charge in [-0.15, -0.1) is 6.58 Å². The fourth-order valence-electron chi connectivity index (χ4n) is 2.50. The van der Waals surface area contributed by atoms with E-state index in [1.54, 1.807) is 6.08 Å². The van der Waals surface area contributed by atoms with Crippen molar-refractivity contribution in [3.05, 3.63) is 12.7 Å². The summed E-state index contributed by atoms with van der Waals surface area (Å²) < 4.78 is 0. The maximum atomic E-state index is 5.74. The predicted octanol–water partition coefficient (Wildman–Crippen LogP) is 2.26. The van der Waals surface area contributed by atoms with E-state index >= 15 is 0 Å². The van der Waals surface area contributed by atoms with Gasteiger partial charge in [0.05, 0.1) is 6.17 Å². The Kier molecular flexibility index (Phi) is 5.20.